The summed E-state index contributed by atoms with van der Waals surface area (Å²) in [5.74, 6) is -0.119. The van der Waals surface area contributed by atoms with Crippen molar-refractivity contribution in [1.82, 2.24) is 9.55 Å². The second kappa shape index (κ2) is 6.14. The molecule has 1 aromatic heterocycles. The average Bonchev–Trinajstić information content (AvgIpc) is 2.89. The highest BCUT2D eigenvalue weighted by Crippen LogP contribution is 2.08. The second-order valence-electron chi connectivity index (χ2n) is 4.34. The number of aromatic nitrogens is 2. The van der Waals surface area contributed by atoms with E-state index in [4.69, 9.17) is 4.74 Å². The summed E-state index contributed by atoms with van der Waals surface area (Å²) in [6, 6.07) is 8.76. The van der Waals surface area contributed by atoms with Crippen LogP contribution in [0.15, 0.2) is 36.5 Å². The van der Waals surface area contributed by atoms with Gasteiger partial charge in [0.1, 0.15) is 6.61 Å². The maximum Gasteiger partial charge on any atom is 0.338 e. The number of benzene rings is 1. The van der Waals surface area contributed by atoms with Gasteiger partial charge in [-0.1, -0.05) is 18.2 Å². The molecular weight excluding hydrogens is 256 g/mol. The molecule has 0 spiro atoms. The summed E-state index contributed by atoms with van der Waals surface area (Å²) in [7, 11) is 0. The van der Waals surface area contributed by atoms with E-state index in [0.717, 1.165) is 0 Å². The molecule has 0 unspecified atom stereocenters. The molecule has 2 aromatic rings. The smallest absolute Gasteiger partial charge is 0.338 e. The van der Waals surface area contributed by atoms with E-state index in [0.29, 0.717) is 23.6 Å². The van der Waals surface area contributed by atoms with Gasteiger partial charge < -0.3 is 9.30 Å². The highest BCUT2D eigenvalue weighted by molar-refractivity contribution is 5.91. The number of aryl methyl sites for hydroxylation is 1. The van der Waals surface area contributed by atoms with E-state index in [9.17, 15) is 9.59 Å². The molecule has 0 fully saturated rings. The van der Waals surface area contributed by atoms with Crippen LogP contribution in [0.25, 0.3) is 0 Å². The van der Waals surface area contributed by atoms with Crippen LogP contribution >= 0.6 is 0 Å². The lowest BCUT2D eigenvalue weighted by Crippen LogP contribution is -2.05. The first-order chi connectivity index (χ1) is 9.61. The Labute approximate surface area is 117 Å². The van der Waals surface area contributed by atoms with Crippen molar-refractivity contribution in [1.29, 1.82) is 0 Å². The number of hydrogen-bond acceptors (Lipinski definition) is 4. The Morgan fingerprint density at radius 1 is 1.25 bits per heavy atom. The molecule has 0 aliphatic carbocycles. The zero-order valence-corrected chi connectivity index (χ0v) is 11.5. The van der Waals surface area contributed by atoms with E-state index in [1.165, 1.54) is 6.92 Å². The van der Waals surface area contributed by atoms with Crippen molar-refractivity contribution in [3.63, 3.8) is 0 Å². The summed E-state index contributed by atoms with van der Waals surface area (Å²) in [6.45, 7) is 4.09. The normalized spacial score (nSPS) is 10.3. The summed E-state index contributed by atoms with van der Waals surface area (Å²) < 4.78 is 6.92. The van der Waals surface area contributed by atoms with E-state index in [-0.39, 0.29) is 12.4 Å². The van der Waals surface area contributed by atoms with Gasteiger partial charge in [-0.3, -0.25) is 4.79 Å². The number of nitrogens with zero attached hydrogens (tertiary/aromatic N) is 2. The zero-order chi connectivity index (χ0) is 14.5. The van der Waals surface area contributed by atoms with Crippen LogP contribution in [0.5, 0.6) is 0 Å². The van der Waals surface area contributed by atoms with Crippen LogP contribution in [-0.2, 0) is 17.9 Å². The molecule has 0 saturated carbocycles. The Balaban J connectivity index is 2.04. The number of carbonyl (C=O) groups excluding carboxylic acids is 2. The third-order valence-electron chi connectivity index (χ3n) is 2.84. The van der Waals surface area contributed by atoms with Crippen LogP contribution in [-0.4, -0.2) is 21.3 Å². The van der Waals surface area contributed by atoms with Crippen LogP contribution < -0.4 is 0 Å². The number of carbonyl (C=O) groups is 2. The molecular formula is C15H16N2O3. The van der Waals surface area contributed by atoms with E-state index in [1.54, 1.807) is 35.0 Å². The fourth-order valence-electron chi connectivity index (χ4n) is 1.86. The highest BCUT2D eigenvalue weighted by atomic mass is 16.5. The number of hydrogen-bond donors (Lipinski definition) is 0. The Bertz CT molecular complexity index is 617. The first-order valence-electron chi connectivity index (χ1n) is 6.41. The van der Waals surface area contributed by atoms with E-state index < -0.39 is 5.97 Å². The molecule has 0 bridgehead atoms. The molecule has 0 saturated heterocycles. The number of ketones is 1. The van der Waals surface area contributed by atoms with Gasteiger partial charge >= 0.3 is 5.97 Å². The molecule has 2 rings (SSSR count). The zero-order valence-electron chi connectivity index (χ0n) is 11.5. The molecule has 1 aromatic carbocycles. The monoisotopic (exact) mass is 272 g/mol. The lowest BCUT2D eigenvalue weighted by molar-refractivity contribution is 0.0468. The molecule has 0 aliphatic rings. The molecule has 0 amide bonds. The first-order valence-corrected chi connectivity index (χ1v) is 6.41. The topological polar surface area (TPSA) is 61.2 Å². The third-order valence-corrected chi connectivity index (χ3v) is 2.84. The average molecular weight is 272 g/mol. The molecule has 0 N–H and O–H groups in total. The SMILES string of the molecule is CCn1cc(COC(=O)c2ccccc2)nc1C(C)=O. The molecule has 0 atom stereocenters. The molecule has 1 heterocycles. The minimum absolute atomic E-state index is 0.0566. The summed E-state index contributed by atoms with van der Waals surface area (Å²) in [4.78, 5) is 27.4. The van der Waals surface area contributed by atoms with Crippen molar-refractivity contribution in [3.8, 4) is 0 Å². The Kier molecular flexibility index (Phi) is 4.30. The third kappa shape index (κ3) is 3.12. The van der Waals surface area contributed by atoms with E-state index >= 15 is 0 Å². The number of rotatable bonds is 5. The van der Waals surface area contributed by atoms with Crippen LogP contribution in [0.4, 0.5) is 0 Å². The molecule has 20 heavy (non-hydrogen) atoms. The van der Waals surface area contributed by atoms with Crippen LogP contribution in [0.2, 0.25) is 0 Å². The number of Topliss-reactive ketones (excluding diaryl/α,β-unsaturated/α-hetero) is 1. The molecule has 0 radical (unpaired) electrons. The maximum absolute atomic E-state index is 11.8. The molecule has 5 nitrogen and oxygen atoms in total. The molecule has 0 aliphatic heterocycles. The van der Waals surface area contributed by atoms with Gasteiger partial charge in [0.05, 0.1) is 11.3 Å². The minimum atomic E-state index is -0.402. The van der Waals surface area contributed by atoms with Gasteiger partial charge in [0.2, 0.25) is 0 Å². The Morgan fingerprint density at radius 3 is 2.50 bits per heavy atom. The van der Waals surface area contributed by atoms with Gasteiger partial charge in [0.25, 0.3) is 0 Å². The van der Waals surface area contributed by atoms with Gasteiger partial charge in [-0.15, -0.1) is 0 Å². The number of esters is 1. The number of ether oxygens (including phenoxy) is 1. The standard InChI is InChI=1S/C15H16N2O3/c1-3-17-9-13(16-14(17)11(2)18)10-20-15(19)12-7-5-4-6-8-12/h4-9H,3,10H2,1-2H3. The van der Waals surface area contributed by atoms with Crippen LogP contribution in [0.1, 0.15) is 40.5 Å². The Morgan fingerprint density at radius 2 is 1.95 bits per heavy atom. The van der Waals surface area contributed by atoms with Crippen LogP contribution in [0.3, 0.4) is 0 Å². The molecule has 5 heteroatoms. The lowest BCUT2D eigenvalue weighted by atomic mass is 10.2. The lowest BCUT2D eigenvalue weighted by Gasteiger charge is -2.02. The first kappa shape index (κ1) is 14.0. The van der Waals surface area contributed by atoms with Crippen molar-refractivity contribution in [2.75, 3.05) is 0 Å². The van der Waals surface area contributed by atoms with Crippen molar-refractivity contribution in [2.24, 2.45) is 0 Å². The minimum Gasteiger partial charge on any atom is -0.456 e. The second-order valence-corrected chi connectivity index (χ2v) is 4.34. The van der Waals surface area contributed by atoms with Gasteiger partial charge in [0, 0.05) is 19.7 Å². The van der Waals surface area contributed by atoms with Gasteiger partial charge in [-0.25, -0.2) is 9.78 Å². The van der Waals surface area contributed by atoms with Crippen molar-refractivity contribution in [3.05, 3.63) is 53.6 Å². The fraction of sp³-hybridized carbons (Fsp3) is 0.267. The van der Waals surface area contributed by atoms with Crippen molar-refractivity contribution < 1.29 is 14.3 Å². The largest absolute Gasteiger partial charge is 0.456 e. The fourth-order valence-corrected chi connectivity index (χ4v) is 1.86. The van der Waals surface area contributed by atoms with Gasteiger partial charge in [0.15, 0.2) is 11.6 Å². The predicted octanol–water partition coefficient (Wildman–Crippen LogP) is 2.46. The summed E-state index contributed by atoms with van der Waals surface area (Å²) >= 11 is 0. The predicted molar refractivity (Wildman–Crippen MR) is 73.5 cm³/mol. The van der Waals surface area contributed by atoms with Gasteiger partial charge in [-0.05, 0) is 19.1 Å². The summed E-state index contributed by atoms with van der Waals surface area (Å²) in [5, 5.41) is 0. The van der Waals surface area contributed by atoms with Crippen LogP contribution in [0, 0.1) is 0 Å². The molecule has 104 valence electrons. The Hall–Kier alpha value is -2.43. The van der Waals surface area contributed by atoms with Crippen molar-refractivity contribution in [2.45, 2.75) is 27.0 Å². The van der Waals surface area contributed by atoms with Gasteiger partial charge in [-0.2, -0.15) is 0 Å². The summed E-state index contributed by atoms with van der Waals surface area (Å²) in [6.07, 6.45) is 1.73. The van der Waals surface area contributed by atoms with E-state index in [1.807, 2.05) is 13.0 Å². The quantitative estimate of drug-likeness (QED) is 0.619. The maximum atomic E-state index is 11.8. The number of imidazole rings is 1. The van der Waals surface area contributed by atoms with E-state index in [2.05, 4.69) is 4.98 Å². The summed E-state index contributed by atoms with van der Waals surface area (Å²) in [5.41, 5.74) is 1.07. The van der Waals surface area contributed by atoms with Crippen molar-refractivity contribution >= 4 is 11.8 Å². The highest BCUT2D eigenvalue weighted by Gasteiger charge is 2.13.